The van der Waals surface area contributed by atoms with E-state index in [0.717, 1.165) is 38.5 Å². The van der Waals surface area contributed by atoms with Gasteiger partial charge < -0.3 is 29.4 Å². The quantitative estimate of drug-likeness (QED) is 0.237. The van der Waals surface area contributed by atoms with Crippen molar-refractivity contribution in [2.75, 3.05) is 6.61 Å². The molecule has 1 saturated carbocycles. The molecule has 5 atom stereocenters. The van der Waals surface area contributed by atoms with Crippen LogP contribution in [0.3, 0.4) is 0 Å². The molecule has 0 aromatic heterocycles. The molecule has 33 heavy (non-hydrogen) atoms. The van der Waals surface area contributed by atoms with Crippen LogP contribution in [-0.4, -0.2) is 57.3 Å². The van der Waals surface area contributed by atoms with Crippen LogP contribution >= 0.6 is 23.5 Å². The smallest absolute Gasteiger partial charge is 0.390 e. The minimum absolute atomic E-state index is 0.612. The normalized spacial score (nSPS) is 31.6. The minimum Gasteiger partial charge on any atom is -0.390 e. The van der Waals surface area contributed by atoms with Crippen LogP contribution < -0.4 is 0 Å². The maximum atomic E-state index is 12.0. The fourth-order valence-electron chi connectivity index (χ4n) is 4.57. The molecule has 12 nitrogen and oxygen atoms in total. The van der Waals surface area contributed by atoms with Gasteiger partial charge in [-0.15, -0.1) is 0 Å². The van der Waals surface area contributed by atoms with Crippen molar-refractivity contribution in [1.29, 1.82) is 0 Å². The number of hydrogen-bond acceptors (Lipinski definition) is 8. The molecule has 0 amide bonds. The molecule has 1 spiro atoms. The van der Waals surface area contributed by atoms with Crippen molar-refractivity contribution in [3.8, 4) is 0 Å². The number of aliphatic hydroxyl groups is 1. The van der Waals surface area contributed by atoms with E-state index >= 15 is 0 Å². The standard InChI is InChI=1S/C17H34BO12P3/c18-16-17(11-9-7-5-3-1-2-4-6-8-10-12-17)15(19)14(28-16)13-27-32(23,24)30-33(25,26)29-31(20,21)22/h14-16,19H,1-13H2,(H,23,24)(H,25,26)(H2,20,21,22). The van der Waals surface area contributed by atoms with Gasteiger partial charge in [0.05, 0.1) is 12.7 Å². The number of phosphoric ester groups is 1. The zero-order valence-corrected chi connectivity index (χ0v) is 21.1. The summed E-state index contributed by atoms with van der Waals surface area (Å²) >= 11 is 0. The minimum atomic E-state index is -5.62. The van der Waals surface area contributed by atoms with Gasteiger partial charge in [-0.1, -0.05) is 64.2 Å². The van der Waals surface area contributed by atoms with Gasteiger partial charge in [0.25, 0.3) is 0 Å². The zero-order valence-electron chi connectivity index (χ0n) is 18.4. The van der Waals surface area contributed by atoms with E-state index in [4.69, 9.17) is 22.4 Å². The van der Waals surface area contributed by atoms with Gasteiger partial charge in [-0.2, -0.15) is 8.62 Å². The van der Waals surface area contributed by atoms with Gasteiger partial charge in [0.15, 0.2) is 0 Å². The van der Waals surface area contributed by atoms with Crippen LogP contribution in [0.15, 0.2) is 0 Å². The second kappa shape index (κ2) is 12.6. The highest BCUT2D eigenvalue weighted by atomic mass is 31.3. The van der Waals surface area contributed by atoms with Gasteiger partial charge in [0, 0.05) is 11.4 Å². The summed E-state index contributed by atoms with van der Waals surface area (Å²) in [5.41, 5.74) is -0.766. The Morgan fingerprint density at radius 1 is 0.788 bits per heavy atom. The first-order chi connectivity index (χ1) is 15.3. The van der Waals surface area contributed by atoms with Gasteiger partial charge >= 0.3 is 23.5 Å². The first-order valence-corrected chi connectivity index (χ1v) is 15.7. The van der Waals surface area contributed by atoms with Crippen molar-refractivity contribution in [1.82, 2.24) is 0 Å². The summed E-state index contributed by atoms with van der Waals surface area (Å²) in [6, 6.07) is -0.841. The number of hydrogen-bond donors (Lipinski definition) is 5. The molecule has 192 valence electrons. The molecule has 16 heteroatoms. The SMILES string of the molecule is [B]C1OC(COP(=O)(O)OP(=O)(O)OP(=O)(O)O)C(O)C12CCCCCCCCCCCC2. The molecular formula is C17H34BO12P3. The Morgan fingerprint density at radius 2 is 1.24 bits per heavy atom. The lowest BCUT2D eigenvalue weighted by atomic mass is 9.64. The van der Waals surface area contributed by atoms with Crippen LogP contribution in [0.5, 0.6) is 0 Å². The first-order valence-electron chi connectivity index (χ1n) is 11.1. The molecule has 1 aliphatic heterocycles. The van der Waals surface area contributed by atoms with Crippen LogP contribution in [-0.2, 0) is 31.6 Å². The lowest BCUT2D eigenvalue weighted by molar-refractivity contribution is -0.0109. The molecule has 0 bridgehead atoms. The van der Waals surface area contributed by atoms with E-state index in [1.165, 1.54) is 25.7 Å². The molecule has 2 aliphatic rings. The summed E-state index contributed by atoms with van der Waals surface area (Å²) in [7, 11) is -10.2. The van der Waals surface area contributed by atoms with Crippen molar-refractivity contribution in [2.45, 2.75) is 95.3 Å². The van der Waals surface area contributed by atoms with Crippen molar-refractivity contribution in [3.05, 3.63) is 0 Å². The highest BCUT2D eigenvalue weighted by Crippen LogP contribution is 2.66. The lowest BCUT2D eigenvalue weighted by Crippen LogP contribution is -2.42. The van der Waals surface area contributed by atoms with Gasteiger partial charge in [-0.3, -0.25) is 4.52 Å². The topological polar surface area (TPSA) is 189 Å². The summed E-state index contributed by atoms with van der Waals surface area (Å²) in [4.78, 5) is 36.1. The fraction of sp³-hybridized carbons (Fsp3) is 1.00. The highest BCUT2D eigenvalue weighted by molar-refractivity contribution is 7.66. The molecule has 1 heterocycles. The van der Waals surface area contributed by atoms with E-state index in [-0.39, 0.29) is 0 Å². The van der Waals surface area contributed by atoms with Crippen LogP contribution in [0.1, 0.15) is 77.0 Å². The third-order valence-electron chi connectivity index (χ3n) is 6.18. The second-order valence-corrected chi connectivity index (χ2v) is 13.1. The van der Waals surface area contributed by atoms with E-state index < -0.39 is 53.7 Å². The van der Waals surface area contributed by atoms with Crippen molar-refractivity contribution < 1.29 is 56.3 Å². The van der Waals surface area contributed by atoms with E-state index in [0.29, 0.717) is 12.8 Å². The largest absolute Gasteiger partial charge is 0.490 e. The first kappa shape index (κ1) is 29.6. The molecule has 2 radical (unpaired) electrons. The zero-order chi connectivity index (χ0) is 24.8. The third-order valence-corrected chi connectivity index (χ3v) is 9.98. The van der Waals surface area contributed by atoms with E-state index in [1.807, 2.05) is 0 Å². The number of ether oxygens (including phenoxy) is 1. The highest BCUT2D eigenvalue weighted by Gasteiger charge is 2.53. The Morgan fingerprint density at radius 3 is 1.70 bits per heavy atom. The Balaban J connectivity index is 2.01. The average molecular weight is 534 g/mol. The monoisotopic (exact) mass is 534 g/mol. The van der Waals surface area contributed by atoms with E-state index in [1.54, 1.807) is 0 Å². The van der Waals surface area contributed by atoms with Gasteiger partial charge in [-0.25, -0.2) is 13.7 Å². The number of rotatable bonds is 7. The molecule has 2 fully saturated rings. The number of phosphoric acid groups is 3. The number of aliphatic hydroxyl groups excluding tert-OH is 1. The van der Waals surface area contributed by atoms with Crippen LogP contribution in [0, 0.1) is 5.41 Å². The Bertz CT molecular complexity index is 748. The van der Waals surface area contributed by atoms with Crippen LogP contribution in [0.4, 0.5) is 0 Å². The second-order valence-electron chi connectivity index (χ2n) is 8.70. The Hall–Kier alpha value is 0.395. The summed E-state index contributed by atoms with van der Waals surface area (Å²) < 4.78 is 51.9. The summed E-state index contributed by atoms with van der Waals surface area (Å²) in [6.45, 7) is -0.708. The van der Waals surface area contributed by atoms with Crippen molar-refractivity contribution in [2.24, 2.45) is 5.41 Å². The summed E-state index contributed by atoms with van der Waals surface area (Å²) in [5.74, 6) is 0. The van der Waals surface area contributed by atoms with Crippen molar-refractivity contribution >= 4 is 31.3 Å². The van der Waals surface area contributed by atoms with Crippen LogP contribution in [0.2, 0.25) is 0 Å². The van der Waals surface area contributed by atoms with Crippen LogP contribution in [0.25, 0.3) is 0 Å². The molecule has 2 rings (SSSR count). The molecule has 5 N–H and O–H groups in total. The summed E-state index contributed by atoms with van der Waals surface area (Å²) in [6.07, 6.45) is 9.64. The third kappa shape index (κ3) is 9.75. The van der Waals surface area contributed by atoms with E-state index in [2.05, 4.69) is 13.1 Å². The van der Waals surface area contributed by atoms with Gasteiger partial charge in [0.1, 0.15) is 14.0 Å². The van der Waals surface area contributed by atoms with Crippen molar-refractivity contribution in [3.63, 3.8) is 0 Å². The van der Waals surface area contributed by atoms with Gasteiger partial charge in [-0.05, 0) is 12.8 Å². The fourth-order valence-corrected chi connectivity index (χ4v) is 7.60. The maximum absolute atomic E-state index is 12.0. The molecule has 0 aromatic rings. The summed E-state index contributed by atoms with van der Waals surface area (Å²) in [5, 5.41) is 11.0. The molecule has 1 saturated heterocycles. The molecule has 1 aliphatic carbocycles. The Kier molecular flexibility index (Phi) is 11.3. The predicted molar refractivity (Wildman–Crippen MR) is 118 cm³/mol. The molecular weight excluding hydrogens is 500 g/mol. The lowest BCUT2D eigenvalue weighted by Gasteiger charge is -2.36. The van der Waals surface area contributed by atoms with Gasteiger partial charge in [0.2, 0.25) is 0 Å². The Labute approximate surface area is 195 Å². The van der Waals surface area contributed by atoms with E-state index in [9.17, 15) is 28.6 Å². The molecule has 5 unspecified atom stereocenters. The predicted octanol–water partition coefficient (Wildman–Crippen LogP) is 3.27. The maximum Gasteiger partial charge on any atom is 0.490 e. The molecule has 0 aromatic carbocycles. The average Bonchev–Trinajstić information content (AvgIpc) is 2.90.